The van der Waals surface area contributed by atoms with Crippen molar-refractivity contribution in [2.75, 3.05) is 6.54 Å². The first-order chi connectivity index (χ1) is 3.77. The highest BCUT2D eigenvalue weighted by Crippen LogP contribution is 2.15. The van der Waals surface area contributed by atoms with Crippen LogP contribution < -0.4 is 5.32 Å². The van der Waals surface area contributed by atoms with Crippen molar-refractivity contribution in [3.63, 3.8) is 0 Å². The molecule has 52 valence electrons. The van der Waals surface area contributed by atoms with Crippen molar-refractivity contribution in [3.8, 4) is 12.3 Å². The van der Waals surface area contributed by atoms with E-state index >= 15 is 0 Å². The van der Waals surface area contributed by atoms with Crippen LogP contribution in [0.3, 0.4) is 0 Å². The van der Waals surface area contributed by atoms with Gasteiger partial charge in [0.05, 0.1) is 5.54 Å². The van der Waals surface area contributed by atoms with Crippen LogP contribution in [-0.2, 0) is 0 Å². The number of hydrogen-bond donors (Lipinski definition) is 1. The molecule has 1 heterocycles. The fourth-order valence-corrected chi connectivity index (χ4v) is 1.02. The molecule has 1 rings (SSSR count). The van der Waals surface area contributed by atoms with Gasteiger partial charge in [-0.15, -0.1) is 18.8 Å². The van der Waals surface area contributed by atoms with E-state index in [-0.39, 0.29) is 17.9 Å². The Bertz CT molecular complexity index is 119. The van der Waals surface area contributed by atoms with Gasteiger partial charge in [0.1, 0.15) is 0 Å². The van der Waals surface area contributed by atoms with Crippen LogP contribution in [0.25, 0.3) is 0 Å². The summed E-state index contributed by atoms with van der Waals surface area (Å²) in [6, 6.07) is 0. The van der Waals surface area contributed by atoms with E-state index in [4.69, 9.17) is 6.42 Å². The van der Waals surface area contributed by atoms with Crippen LogP contribution in [0.5, 0.6) is 0 Å². The van der Waals surface area contributed by atoms with E-state index in [9.17, 15) is 0 Å². The molecule has 0 aromatic carbocycles. The summed E-state index contributed by atoms with van der Waals surface area (Å²) in [6.45, 7) is 3.15. The van der Waals surface area contributed by atoms with Gasteiger partial charge >= 0.3 is 0 Å². The van der Waals surface area contributed by atoms with Gasteiger partial charge in [-0.05, 0) is 26.3 Å². The van der Waals surface area contributed by atoms with Gasteiger partial charge in [0, 0.05) is 0 Å². The maximum atomic E-state index is 5.26. The van der Waals surface area contributed by atoms with Gasteiger partial charge in [-0.25, -0.2) is 0 Å². The molecule has 1 atom stereocenters. The quantitative estimate of drug-likeness (QED) is 0.505. The summed E-state index contributed by atoms with van der Waals surface area (Å²) in [5.74, 6) is 2.73. The average Bonchev–Trinajstić information content (AvgIpc) is 2.17. The molecule has 1 aliphatic rings. The van der Waals surface area contributed by atoms with Gasteiger partial charge < -0.3 is 5.32 Å². The molecule has 2 heteroatoms. The Labute approximate surface area is 62.6 Å². The third-order valence-electron chi connectivity index (χ3n) is 1.69. The van der Waals surface area contributed by atoms with Crippen LogP contribution in [0, 0.1) is 12.3 Å². The fraction of sp³-hybridized carbons (Fsp3) is 0.714. The SMILES string of the molecule is C#C[C@@]1(C)CCCN1.Cl. The zero-order valence-electron chi connectivity index (χ0n) is 5.61. The van der Waals surface area contributed by atoms with Crippen LogP contribution in [0.2, 0.25) is 0 Å². The van der Waals surface area contributed by atoms with Crippen molar-refractivity contribution in [1.82, 2.24) is 5.32 Å². The molecule has 0 saturated carbocycles. The largest absolute Gasteiger partial charge is 0.301 e. The lowest BCUT2D eigenvalue weighted by molar-refractivity contribution is 0.541. The molecule has 0 unspecified atom stereocenters. The first kappa shape index (κ1) is 8.81. The molecule has 1 N–H and O–H groups in total. The predicted octanol–water partition coefficient (Wildman–Crippen LogP) is 1.18. The maximum absolute atomic E-state index is 5.26. The van der Waals surface area contributed by atoms with E-state index in [1.54, 1.807) is 0 Å². The summed E-state index contributed by atoms with van der Waals surface area (Å²) in [5.41, 5.74) is 0.0139. The average molecular weight is 146 g/mol. The van der Waals surface area contributed by atoms with Crippen LogP contribution in [0.15, 0.2) is 0 Å². The Morgan fingerprint density at radius 1 is 1.67 bits per heavy atom. The zero-order chi connectivity index (χ0) is 6.04. The molecule has 0 aromatic rings. The normalized spacial score (nSPS) is 32.9. The number of rotatable bonds is 0. The van der Waals surface area contributed by atoms with Crippen LogP contribution in [0.1, 0.15) is 19.8 Å². The van der Waals surface area contributed by atoms with Crippen molar-refractivity contribution >= 4 is 12.4 Å². The predicted molar refractivity (Wildman–Crippen MR) is 41.7 cm³/mol. The van der Waals surface area contributed by atoms with Crippen molar-refractivity contribution in [2.45, 2.75) is 25.3 Å². The first-order valence-corrected chi connectivity index (χ1v) is 3.00. The number of halogens is 1. The van der Waals surface area contributed by atoms with Crippen LogP contribution >= 0.6 is 12.4 Å². The van der Waals surface area contributed by atoms with Crippen molar-refractivity contribution in [3.05, 3.63) is 0 Å². The summed E-state index contributed by atoms with van der Waals surface area (Å²) in [5, 5.41) is 3.25. The molecule has 0 bridgehead atoms. The molecule has 0 spiro atoms. The Morgan fingerprint density at radius 2 is 2.33 bits per heavy atom. The molecule has 1 saturated heterocycles. The molecular formula is C7H12ClN. The third kappa shape index (κ3) is 1.89. The maximum Gasteiger partial charge on any atom is 0.0770 e. The van der Waals surface area contributed by atoms with E-state index < -0.39 is 0 Å². The molecular weight excluding hydrogens is 134 g/mol. The van der Waals surface area contributed by atoms with Gasteiger partial charge in [0.25, 0.3) is 0 Å². The smallest absolute Gasteiger partial charge is 0.0770 e. The Hall–Kier alpha value is -0.190. The monoisotopic (exact) mass is 145 g/mol. The summed E-state index contributed by atoms with van der Waals surface area (Å²) >= 11 is 0. The van der Waals surface area contributed by atoms with Crippen molar-refractivity contribution < 1.29 is 0 Å². The van der Waals surface area contributed by atoms with Crippen molar-refractivity contribution in [1.29, 1.82) is 0 Å². The Balaban J connectivity index is 0.000000640. The minimum absolute atomic E-state index is 0. The third-order valence-corrected chi connectivity index (χ3v) is 1.69. The molecule has 1 aliphatic heterocycles. The highest BCUT2D eigenvalue weighted by atomic mass is 35.5. The first-order valence-electron chi connectivity index (χ1n) is 3.00. The van der Waals surface area contributed by atoms with Gasteiger partial charge in [-0.1, -0.05) is 5.92 Å². The minimum atomic E-state index is 0. The standard InChI is InChI=1S/C7H11N.ClH/c1-3-7(2)5-4-6-8-7;/h1,8H,4-6H2,2H3;1H/t7-;/m0./s1. The van der Waals surface area contributed by atoms with Gasteiger partial charge in [-0.2, -0.15) is 0 Å². The second kappa shape index (κ2) is 3.10. The van der Waals surface area contributed by atoms with Crippen LogP contribution in [0.4, 0.5) is 0 Å². The molecule has 1 fully saturated rings. The lowest BCUT2D eigenvalue weighted by Crippen LogP contribution is -2.33. The number of hydrogen-bond acceptors (Lipinski definition) is 1. The fourth-order valence-electron chi connectivity index (χ4n) is 1.02. The summed E-state index contributed by atoms with van der Waals surface area (Å²) in [4.78, 5) is 0. The second-order valence-corrected chi connectivity index (χ2v) is 2.51. The Kier molecular flexibility index (Phi) is 3.03. The summed E-state index contributed by atoms with van der Waals surface area (Å²) in [6.07, 6.45) is 7.61. The van der Waals surface area contributed by atoms with E-state index in [1.165, 1.54) is 6.42 Å². The number of nitrogens with one attached hydrogen (secondary N) is 1. The lowest BCUT2D eigenvalue weighted by atomic mass is 10.0. The van der Waals surface area contributed by atoms with E-state index in [1.807, 2.05) is 0 Å². The summed E-state index contributed by atoms with van der Waals surface area (Å²) in [7, 11) is 0. The number of terminal acetylenes is 1. The van der Waals surface area contributed by atoms with Gasteiger partial charge in [0.2, 0.25) is 0 Å². The molecule has 1 nitrogen and oxygen atoms in total. The lowest BCUT2D eigenvalue weighted by Gasteiger charge is -2.14. The van der Waals surface area contributed by atoms with E-state index in [2.05, 4.69) is 18.2 Å². The summed E-state index contributed by atoms with van der Waals surface area (Å²) < 4.78 is 0. The molecule has 0 aliphatic carbocycles. The molecule has 0 amide bonds. The molecule has 0 aromatic heterocycles. The topological polar surface area (TPSA) is 12.0 Å². The van der Waals surface area contributed by atoms with Gasteiger partial charge in [-0.3, -0.25) is 0 Å². The molecule has 9 heavy (non-hydrogen) atoms. The second-order valence-electron chi connectivity index (χ2n) is 2.51. The van der Waals surface area contributed by atoms with Crippen LogP contribution in [-0.4, -0.2) is 12.1 Å². The molecule has 0 radical (unpaired) electrons. The Morgan fingerprint density at radius 3 is 2.56 bits per heavy atom. The highest BCUT2D eigenvalue weighted by molar-refractivity contribution is 5.85. The van der Waals surface area contributed by atoms with E-state index in [0.29, 0.717) is 0 Å². The van der Waals surface area contributed by atoms with Gasteiger partial charge in [0.15, 0.2) is 0 Å². The van der Waals surface area contributed by atoms with Crippen molar-refractivity contribution in [2.24, 2.45) is 0 Å². The van der Waals surface area contributed by atoms with E-state index in [0.717, 1.165) is 13.0 Å². The minimum Gasteiger partial charge on any atom is -0.301 e. The zero-order valence-corrected chi connectivity index (χ0v) is 6.42. The highest BCUT2D eigenvalue weighted by Gasteiger charge is 2.24.